The normalized spacial score (nSPS) is 11.5. The molecule has 2 aromatic carbocycles. The summed E-state index contributed by atoms with van der Waals surface area (Å²) in [6, 6.07) is 16.3. The Labute approximate surface area is 185 Å². The first-order valence-electron chi connectivity index (χ1n) is 10.5. The molecule has 3 rings (SSSR count). The zero-order valence-electron chi connectivity index (χ0n) is 18.8. The predicted octanol–water partition coefficient (Wildman–Crippen LogP) is 5.96. The van der Waals surface area contributed by atoms with E-state index < -0.39 is 0 Å². The van der Waals surface area contributed by atoms with Crippen molar-refractivity contribution in [3.63, 3.8) is 0 Å². The molecule has 0 N–H and O–H groups in total. The molecule has 0 saturated carbocycles. The predicted molar refractivity (Wildman–Crippen MR) is 125 cm³/mol. The van der Waals surface area contributed by atoms with Crippen LogP contribution in [0.5, 0.6) is 5.75 Å². The third kappa shape index (κ3) is 7.81. The summed E-state index contributed by atoms with van der Waals surface area (Å²) in [5.74, 6) is 7.80. The van der Waals surface area contributed by atoms with Gasteiger partial charge < -0.3 is 9.15 Å². The Balaban J connectivity index is 1.53. The van der Waals surface area contributed by atoms with Crippen LogP contribution >= 0.6 is 0 Å². The van der Waals surface area contributed by atoms with Crippen molar-refractivity contribution in [2.75, 3.05) is 13.6 Å². The molecule has 160 valence electrons. The van der Waals surface area contributed by atoms with E-state index in [1.165, 1.54) is 5.56 Å². The summed E-state index contributed by atoms with van der Waals surface area (Å²) in [5, 5.41) is 0. The number of nitrogens with zero attached hydrogens (tertiary/aromatic N) is 2. The second-order valence-electron chi connectivity index (χ2n) is 8.59. The molecule has 0 bridgehead atoms. The highest BCUT2D eigenvalue weighted by atomic mass is 16.5. The van der Waals surface area contributed by atoms with Crippen LogP contribution in [0.25, 0.3) is 11.5 Å². The number of rotatable bonds is 8. The van der Waals surface area contributed by atoms with Gasteiger partial charge in [-0.15, -0.1) is 0 Å². The van der Waals surface area contributed by atoms with Crippen molar-refractivity contribution in [2.45, 2.75) is 33.9 Å². The van der Waals surface area contributed by atoms with Crippen molar-refractivity contribution in [2.24, 2.45) is 5.41 Å². The molecule has 0 unspecified atom stereocenters. The third-order valence-electron chi connectivity index (χ3n) is 4.43. The molecular weight excluding hydrogens is 384 g/mol. The van der Waals surface area contributed by atoms with Gasteiger partial charge in [0.05, 0.1) is 6.20 Å². The van der Waals surface area contributed by atoms with E-state index >= 15 is 0 Å². The van der Waals surface area contributed by atoms with E-state index in [2.05, 4.69) is 67.8 Å². The number of oxazole rings is 1. The third-order valence-corrected chi connectivity index (χ3v) is 4.43. The van der Waals surface area contributed by atoms with Gasteiger partial charge in [0.1, 0.15) is 18.6 Å². The molecule has 31 heavy (non-hydrogen) atoms. The minimum atomic E-state index is 0.0354. The first kappa shape index (κ1) is 22.4. The Morgan fingerprint density at radius 2 is 1.90 bits per heavy atom. The standard InChI is InChI=1S/C27H30N2O2/c1-27(2,3)14-6-5-7-16-29(4)20-22-10-9-13-25(19-22)31-21-23-11-8-12-24(18-23)26-28-15-17-30-26/h5,7-13,15,17-19H,16,20-21H2,1-4H3/b7-5+. The molecule has 0 aliphatic heterocycles. The number of hydrogen-bond donors (Lipinski definition) is 0. The second-order valence-corrected chi connectivity index (χ2v) is 8.59. The molecular formula is C27H30N2O2. The molecule has 0 radical (unpaired) electrons. The van der Waals surface area contributed by atoms with Crippen LogP contribution in [-0.4, -0.2) is 23.5 Å². The number of hydrogen-bond acceptors (Lipinski definition) is 4. The SMILES string of the molecule is CN(C/C=C/C#CC(C)(C)C)Cc1cccc(OCc2cccc(-c3ncco3)c2)c1. The highest BCUT2D eigenvalue weighted by molar-refractivity contribution is 5.54. The lowest BCUT2D eigenvalue weighted by Gasteiger charge is -2.15. The number of likely N-dealkylation sites (N-methyl/N-ethyl adjacent to an activating group) is 1. The molecule has 4 nitrogen and oxygen atoms in total. The maximum absolute atomic E-state index is 6.03. The largest absolute Gasteiger partial charge is 0.489 e. The lowest BCUT2D eigenvalue weighted by Crippen LogP contribution is -2.17. The molecule has 0 spiro atoms. The zero-order valence-corrected chi connectivity index (χ0v) is 18.8. The first-order chi connectivity index (χ1) is 14.9. The Morgan fingerprint density at radius 1 is 1.10 bits per heavy atom. The van der Waals surface area contributed by atoms with E-state index in [0.29, 0.717) is 12.5 Å². The van der Waals surface area contributed by atoms with Crippen LogP contribution in [0, 0.1) is 17.3 Å². The molecule has 0 saturated heterocycles. The number of ether oxygens (including phenoxy) is 1. The summed E-state index contributed by atoms with van der Waals surface area (Å²) in [4.78, 5) is 6.45. The average molecular weight is 415 g/mol. The van der Waals surface area contributed by atoms with Gasteiger partial charge in [-0.3, -0.25) is 4.90 Å². The Hall–Kier alpha value is -3.29. The zero-order chi connectivity index (χ0) is 22.1. The molecule has 0 aliphatic carbocycles. The van der Waals surface area contributed by atoms with E-state index in [-0.39, 0.29) is 5.41 Å². The van der Waals surface area contributed by atoms with Gasteiger partial charge in [0.15, 0.2) is 0 Å². The summed E-state index contributed by atoms with van der Waals surface area (Å²) in [6.45, 7) is 8.51. The quantitative estimate of drug-likeness (QED) is 0.427. The maximum Gasteiger partial charge on any atom is 0.225 e. The van der Waals surface area contributed by atoms with Gasteiger partial charge in [-0.2, -0.15) is 0 Å². The van der Waals surface area contributed by atoms with Crippen molar-refractivity contribution in [3.05, 3.63) is 84.3 Å². The van der Waals surface area contributed by atoms with Crippen LogP contribution in [0.15, 0.2) is 77.6 Å². The monoisotopic (exact) mass is 414 g/mol. The van der Waals surface area contributed by atoms with Crippen LogP contribution < -0.4 is 4.74 Å². The Morgan fingerprint density at radius 3 is 2.68 bits per heavy atom. The van der Waals surface area contributed by atoms with Gasteiger partial charge in [-0.05, 0) is 69.3 Å². The van der Waals surface area contributed by atoms with E-state index in [4.69, 9.17) is 9.15 Å². The average Bonchev–Trinajstić information content (AvgIpc) is 3.27. The van der Waals surface area contributed by atoms with Crippen LogP contribution in [0.2, 0.25) is 0 Å². The fourth-order valence-corrected chi connectivity index (χ4v) is 2.99. The fourth-order valence-electron chi connectivity index (χ4n) is 2.99. The number of allylic oxidation sites excluding steroid dienone is 1. The molecule has 1 heterocycles. The number of aromatic nitrogens is 1. The molecule has 0 aliphatic rings. The van der Waals surface area contributed by atoms with Gasteiger partial charge >= 0.3 is 0 Å². The number of benzene rings is 2. The lowest BCUT2D eigenvalue weighted by atomic mass is 9.98. The molecule has 3 aromatic rings. The first-order valence-corrected chi connectivity index (χ1v) is 10.5. The Kier molecular flexibility index (Phi) is 7.70. The summed E-state index contributed by atoms with van der Waals surface area (Å²) in [5.41, 5.74) is 3.26. The maximum atomic E-state index is 6.03. The van der Waals surface area contributed by atoms with Gasteiger partial charge in [0.25, 0.3) is 0 Å². The lowest BCUT2D eigenvalue weighted by molar-refractivity contribution is 0.304. The topological polar surface area (TPSA) is 38.5 Å². The molecule has 0 fully saturated rings. The van der Waals surface area contributed by atoms with Crippen LogP contribution in [-0.2, 0) is 13.2 Å². The van der Waals surface area contributed by atoms with E-state index in [0.717, 1.165) is 30.0 Å². The smallest absolute Gasteiger partial charge is 0.225 e. The van der Waals surface area contributed by atoms with Crippen molar-refractivity contribution >= 4 is 0 Å². The van der Waals surface area contributed by atoms with Crippen molar-refractivity contribution in [1.29, 1.82) is 0 Å². The second kappa shape index (κ2) is 10.7. The summed E-state index contributed by atoms with van der Waals surface area (Å²) in [6.07, 6.45) is 7.26. The van der Waals surface area contributed by atoms with E-state index in [1.54, 1.807) is 12.5 Å². The van der Waals surface area contributed by atoms with Gasteiger partial charge in [0, 0.05) is 24.1 Å². The molecule has 1 aromatic heterocycles. The van der Waals surface area contributed by atoms with E-state index in [9.17, 15) is 0 Å². The van der Waals surface area contributed by atoms with Gasteiger partial charge in [0.2, 0.25) is 5.89 Å². The van der Waals surface area contributed by atoms with Gasteiger partial charge in [-0.25, -0.2) is 4.98 Å². The van der Waals surface area contributed by atoms with E-state index in [1.807, 2.05) is 42.5 Å². The van der Waals surface area contributed by atoms with Crippen molar-refractivity contribution in [1.82, 2.24) is 9.88 Å². The minimum absolute atomic E-state index is 0.0354. The fraction of sp³-hybridized carbons (Fsp3) is 0.296. The van der Waals surface area contributed by atoms with Crippen LogP contribution in [0.1, 0.15) is 31.9 Å². The summed E-state index contributed by atoms with van der Waals surface area (Å²) < 4.78 is 11.4. The Bertz CT molecular complexity index is 1050. The van der Waals surface area contributed by atoms with Crippen LogP contribution in [0.3, 0.4) is 0 Å². The summed E-state index contributed by atoms with van der Waals surface area (Å²) >= 11 is 0. The highest BCUT2D eigenvalue weighted by Crippen LogP contribution is 2.20. The molecule has 4 heteroatoms. The van der Waals surface area contributed by atoms with Crippen molar-refractivity contribution in [3.8, 4) is 29.0 Å². The molecule has 0 amide bonds. The van der Waals surface area contributed by atoms with Crippen LogP contribution in [0.4, 0.5) is 0 Å². The molecule has 0 atom stereocenters. The highest BCUT2D eigenvalue weighted by Gasteiger charge is 2.05. The minimum Gasteiger partial charge on any atom is -0.489 e. The van der Waals surface area contributed by atoms with Gasteiger partial charge in [-0.1, -0.05) is 42.2 Å². The van der Waals surface area contributed by atoms with Crippen molar-refractivity contribution < 1.29 is 9.15 Å². The summed E-state index contributed by atoms with van der Waals surface area (Å²) in [7, 11) is 2.10.